The van der Waals surface area contributed by atoms with Gasteiger partial charge in [0.1, 0.15) is 6.33 Å². The van der Waals surface area contributed by atoms with Gasteiger partial charge in [-0.3, -0.25) is 4.79 Å². The summed E-state index contributed by atoms with van der Waals surface area (Å²) in [6, 6.07) is 0. The minimum Gasteiger partial charge on any atom is -0.481 e. The number of aliphatic carboxylic acids is 1. The molecule has 1 aromatic rings. The summed E-state index contributed by atoms with van der Waals surface area (Å²) in [6.07, 6.45) is 1.48. The number of carboxylic acid groups (broad SMARTS) is 1. The van der Waals surface area contributed by atoms with Gasteiger partial charge in [0.25, 0.3) is 0 Å². The maximum atomic E-state index is 10.8. The number of rotatable bonds is 2. The number of nitrogens with zero attached hydrogens (tertiary/aromatic N) is 3. The first-order valence-corrected chi connectivity index (χ1v) is 4.64. The van der Waals surface area contributed by atoms with E-state index >= 15 is 0 Å². The van der Waals surface area contributed by atoms with E-state index in [0.717, 1.165) is 5.13 Å². The maximum Gasteiger partial charge on any atom is 0.312 e. The van der Waals surface area contributed by atoms with Gasteiger partial charge in [-0.1, -0.05) is 0 Å². The van der Waals surface area contributed by atoms with Gasteiger partial charge in [-0.2, -0.15) is 4.37 Å². The summed E-state index contributed by atoms with van der Waals surface area (Å²) in [6.45, 7) is 2.79. The van der Waals surface area contributed by atoms with Crippen molar-refractivity contribution in [2.45, 2.75) is 6.92 Å². The lowest BCUT2D eigenvalue weighted by molar-refractivity contribution is -0.149. The highest BCUT2D eigenvalue weighted by Gasteiger charge is 2.46. The smallest absolute Gasteiger partial charge is 0.312 e. The third-order valence-electron chi connectivity index (χ3n) is 2.22. The molecule has 1 fully saturated rings. The Morgan fingerprint density at radius 3 is 2.92 bits per heavy atom. The summed E-state index contributed by atoms with van der Waals surface area (Å²) in [7, 11) is 0. The summed E-state index contributed by atoms with van der Waals surface area (Å²) in [5.74, 6) is -0.742. The van der Waals surface area contributed by atoms with E-state index in [9.17, 15) is 4.79 Å². The molecule has 0 radical (unpaired) electrons. The molecule has 1 aromatic heterocycles. The van der Waals surface area contributed by atoms with Crippen LogP contribution < -0.4 is 4.90 Å². The minimum atomic E-state index is -0.742. The fraction of sp³-hybridized carbons (Fsp3) is 0.571. The van der Waals surface area contributed by atoms with Crippen molar-refractivity contribution >= 4 is 22.6 Å². The quantitative estimate of drug-likeness (QED) is 0.749. The molecule has 1 saturated heterocycles. The molecule has 1 N–H and O–H groups in total. The second kappa shape index (κ2) is 2.66. The van der Waals surface area contributed by atoms with Crippen molar-refractivity contribution in [2.24, 2.45) is 5.41 Å². The zero-order chi connectivity index (χ0) is 9.47. The largest absolute Gasteiger partial charge is 0.481 e. The van der Waals surface area contributed by atoms with Crippen molar-refractivity contribution in [3.63, 3.8) is 0 Å². The maximum absolute atomic E-state index is 10.8. The molecule has 13 heavy (non-hydrogen) atoms. The Morgan fingerprint density at radius 1 is 1.77 bits per heavy atom. The summed E-state index contributed by atoms with van der Waals surface area (Å²) in [5.41, 5.74) is -0.605. The van der Waals surface area contributed by atoms with Gasteiger partial charge in [0.05, 0.1) is 5.41 Å². The van der Waals surface area contributed by atoms with E-state index in [4.69, 9.17) is 5.11 Å². The molecule has 70 valence electrons. The van der Waals surface area contributed by atoms with Gasteiger partial charge >= 0.3 is 5.97 Å². The monoisotopic (exact) mass is 199 g/mol. The van der Waals surface area contributed by atoms with E-state index < -0.39 is 11.4 Å². The number of carbonyl (C=O) groups is 1. The van der Waals surface area contributed by atoms with E-state index in [1.54, 1.807) is 6.92 Å². The molecule has 1 aliphatic rings. The third kappa shape index (κ3) is 1.27. The van der Waals surface area contributed by atoms with E-state index in [1.165, 1.54) is 17.9 Å². The number of carboxylic acids is 1. The van der Waals surface area contributed by atoms with Crippen LogP contribution >= 0.6 is 11.5 Å². The number of hydrogen-bond acceptors (Lipinski definition) is 5. The topological polar surface area (TPSA) is 66.3 Å². The van der Waals surface area contributed by atoms with Crippen LogP contribution in [-0.2, 0) is 4.79 Å². The lowest BCUT2D eigenvalue weighted by Gasteiger charge is -2.44. The van der Waals surface area contributed by atoms with Crippen molar-refractivity contribution in [3.05, 3.63) is 6.33 Å². The van der Waals surface area contributed by atoms with Gasteiger partial charge in [0.2, 0.25) is 5.13 Å². The normalized spacial score (nSPS) is 19.6. The Bertz CT molecular complexity index is 318. The second-order valence-electron chi connectivity index (χ2n) is 3.45. The molecule has 2 rings (SSSR count). The Labute approximate surface area is 79.2 Å². The standard InChI is InChI=1S/C7H9N3O2S/c1-7(5(11)12)2-10(3-7)6-8-4-9-13-6/h4H,2-3H2,1H3,(H,11,12). The van der Waals surface area contributed by atoms with Gasteiger partial charge in [-0.15, -0.1) is 0 Å². The van der Waals surface area contributed by atoms with Crippen LogP contribution in [0.25, 0.3) is 0 Å². The van der Waals surface area contributed by atoms with E-state index in [0.29, 0.717) is 13.1 Å². The molecule has 6 heteroatoms. The van der Waals surface area contributed by atoms with Gasteiger partial charge in [-0.05, 0) is 6.92 Å². The van der Waals surface area contributed by atoms with E-state index in [1.807, 2.05) is 4.90 Å². The molecule has 0 spiro atoms. The third-order valence-corrected chi connectivity index (χ3v) is 2.94. The zero-order valence-electron chi connectivity index (χ0n) is 7.10. The minimum absolute atomic E-state index is 0.525. The van der Waals surface area contributed by atoms with Crippen LogP contribution in [0.3, 0.4) is 0 Å². The highest BCUT2D eigenvalue weighted by Crippen LogP contribution is 2.34. The van der Waals surface area contributed by atoms with Gasteiger partial charge in [0, 0.05) is 24.6 Å². The average molecular weight is 199 g/mol. The predicted molar refractivity (Wildman–Crippen MR) is 47.9 cm³/mol. The summed E-state index contributed by atoms with van der Waals surface area (Å²) >= 11 is 1.29. The number of hydrogen-bond donors (Lipinski definition) is 1. The zero-order valence-corrected chi connectivity index (χ0v) is 7.91. The SMILES string of the molecule is CC1(C(=O)O)CN(c2ncns2)C1. The van der Waals surface area contributed by atoms with Crippen molar-refractivity contribution < 1.29 is 9.90 Å². The molecule has 0 saturated carbocycles. The van der Waals surface area contributed by atoms with Gasteiger partial charge in [-0.25, -0.2) is 4.98 Å². The van der Waals surface area contributed by atoms with Gasteiger partial charge < -0.3 is 10.0 Å². The van der Waals surface area contributed by atoms with Crippen LogP contribution in [0.5, 0.6) is 0 Å². The fourth-order valence-corrected chi connectivity index (χ4v) is 1.90. The highest BCUT2D eigenvalue weighted by molar-refractivity contribution is 7.09. The Morgan fingerprint density at radius 2 is 2.46 bits per heavy atom. The second-order valence-corrected chi connectivity index (χ2v) is 4.20. The highest BCUT2D eigenvalue weighted by atomic mass is 32.1. The van der Waals surface area contributed by atoms with Crippen molar-refractivity contribution in [2.75, 3.05) is 18.0 Å². The molecule has 0 bridgehead atoms. The molecule has 2 heterocycles. The first kappa shape index (κ1) is 8.43. The first-order valence-electron chi connectivity index (χ1n) is 3.87. The Hall–Kier alpha value is -1.17. The summed E-state index contributed by atoms with van der Waals surface area (Å²) in [4.78, 5) is 16.7. The molecular weight excluding hydrogens is 190 g/mol. The van der Waals surface area contributed by atoms with Gasteiger partial charge in [0.15, 0.2) is 0 Å². The number of anilines is 1. The first-order chi connectivity index (χ1) is 6.12. The molecule has 1 aliphatic heterocycles. The van der Waals surface area contributed by atoms with Crippen molar-refractivity contribution in [1.82, 2.24) is 9.36 Å². The lowest BCUT2D eigenvalue weighted by atomic mass is 9.82. The molecule has 5 nitrogen and oxygen atoms in total. The van der Waals surface area contributed by atoms with Crippen LogP contribution in [0.2, 0.25) is 0 Å². The van der Waals surface area contributed by atoms with Crippen LogP contribution in [0.1, 0.15) is 6.92 Å². The van der Waals surface area contributed by atoms with Crippen molar-refractivity contribution in [3.8, 4) is 0 Å². The number of aromatic nitrogens is 2. The molecular formula is C7H9N3O2S. The van der Waals surface area contributed by atoms with Crippen LogP contribution in [0.15, 0.2) is 6.33 Å². The van der Waals surface area contributed by atoms with E-state index in [-0.39, 0.29) is 0 Å². The molecule has 0 atom stereocenters. The van der Waals surface area contributed by atoms with Crippen molar-refractivity contribution in [1.29, 1.82) is 0 Å². The van der Waals surface area contributed by atoms with Crippen LogP contribution in [0, 0.1) is 5.41 Å². The molecule has 0 aromatic carbocycles. The summed E-state index contributed by atoms with van der Waals surface area (Å²) in [5, 5.41) is 9.65. The summed E-state index contributed by atoms with van der Waals surface area (Å²) < 4.78 is 3.86. The van der Waals surface area contributed by atoms with Crippen LogP contribution in [-0.4, -0.2) is 33.5 Å². The fourth-order valence-electron chi connectivity index (χ4n) is 1.37. The lowest BCUT2D eigenvalue weighted by Crippen LogP contribution is -2.58. The Balaban J connectivity index is 2.03. The Kier molecular flexibility index (Phi) is 1.73. The van der Waals surface area contributed by atoms with Crippen LogP contribution in [0.4, 0.5) is 5.13 Å². The predicted octanol–water partition coefficient (Wildman–Crippen LogP) is 0.449. The van der Waals surface area contributed by atoms with E-state index in [2.05, 4.69) is 9.36 Å². The molecule has 0 amide bonds. The molecule has 0 unspecified atom stereocenters. The average Bonchev–Trinajstić information content (AvgIpc) is 2.49. The molecule has 0 aliphatic carbocycles.